The standard InChI is InChI=1S/C16H9F2NOS2/c17-12-8-4-5-10(14(12)18)9-13-15(20)19(16(21)22-13)11-6-2-1-3-7-11/h1-9H/b13-9-. The van der Waals surface area contributed by atoms with Gasteiger partial charge >= 0.3 is 0 Å². The van der Waals surface area contributed by atoms with Crippen LogP contribution in [-0.4, -0.2) is 10.2 Å². The summed E-state index contributed by atoms with van der Waals surface area (Å²) in [5.74, 6) is -2.27. The van der Waals surface area contributed by atoms with Crippen LogP contribution in [0.2, 0.25) is 0 Å². The quantitative estimate of drug-likeness (QED) is 0.601. The molecule has 2 aromatic carbocycles. The number of hydrogen-bond donors (Lipinski definition) is 0. The normalized spacial score (nSPS) is 16.6. The van der Waals surface area contributed by atoms with Crippen molar-refractivity contribution in [2.24, 2.45) is 0 Å². The van der Waals surface area contributed by atoms with Crippen molar-refractivity contribution in [3.8, 4) is 0 Å². The predicted molar refractivity (Wildman–Crippen MR) is 88.5 cm³/mol. The minimum absolute atomic E-state index is 0.0218. The van der Waals surface area contributed by atoms with Crippen LogP contribution in [0.5, 0.6) is 0 Å². The number of benzene rings is 2. The van der Waals surface area contributed by atoms with Crippen molar-refractivity contribution in [2.45, 2.75) is 0 Å². The number of hydrogen-bond acceptors (Lipinski definition) is 3. The number of halogens is 2. The first-order chi connectivity index (χ1) is 10.6. The van der Waals surface area contributed by atoms with E-state index >= 15 is 0 Å². The molecule has 1 fully saturated rings. The second kappa shape index (κ2) is 5.98. The number of amides is 1. The molecule has 0 saturated carbocycles. The number of para-hydroxylation sites is 1. The number of carbonyl (C=O) groups excluding carboxylic acids is 1. The van der Waals surface area contributed by atoms with Crippen molar-refractivity contribution in [2.75, 3.05) is 4.90 Å². The number of nitrogens with zero attached hydrogens (tertiary/aromatic N) is 1. The van der Waals surface area contributed by atoms with E-state index in [1.54, 1.807) is 24.3 Å². The van der Waals surface area contributed by atoms with Gasteiger partial charge < -0.3 is 0 Å². The van der Waals surface area contributed by atoms with Gasteiger partial charge in [0.25, 0.3) is 5.91 Å². The van der Waals surface area contributed by atoms with Crippen LogP contribution in [0, 0.1) is 11.6 Å². The third-order valence-electron chi connectivity index (χ3n) is 3.08. The minimum atomic E-state index is -0.979. The van der Waals surface area contributed by atoms with Gasteiger partial charge in [-0.25, -0.2) is 8.78 Å². The fourth-order valence-corrected chi connectivity index (χ4v) is 3.33. The molecule has 6 heteroatoms. The lowest BCUT2D eigenvalue weighted by atomic mass is 10.2. The van der Waals surface area contributed by atoms with Gasteiger partial charge in [0.1, 0.15) is 0 Å². The van der Waals surface area contributed by atoms with E-state index in [9.17, 15) is 13.6 Å². The maximum Gasteiger partial charge on any atom is 0.270 e. The van der Waals surface area contributed by atoms with Gasteiger partial charge in [-0.2, -0.15) is 0 Å². The van der Waals surface area contributed by atoms with Gasteiger partial charge in [-0.3, -0.25) is 9.69 Å². The van der Waals surface area contributed by atoms with Gasteiger partial charge in [-0.05, 0) is 24.3 Å². The first kappa shape index (κ1) is 14.9. The molecule has 0 unspecified atom stereocenters. The van der Waals surface area contributed by atoms with Crippen molar-refractivity contribution < 1.29 is 13.6 Å². The van der Waals surface area contributed by atoms with Crippen molar-refractivity contribution in [3.05, 3.63) is 70.6 Å². The van der Waals surface area contributed by atoms with E-state index in [1.165, 1.54) is 23.1 Å². The van der Waals surface area contributed by atoms with E-state index in [1.807, 2.05) is 6.07 Å². The third-order valence-corrected chi connectivity index (χ3v) is 4.38. The highest BCUT2D eigenvalue weighted by atomic mass is 32.2. The number of thioether (sulfide) groups is 1. The Morgan fingerprint density at radius 1 is 1.05 bits per heavy atom. The summed E-state index contributed by atoms with van der Waals surface area (Å²) in [6.07, 6.45) is 1.32. The van der Waals surface area contributed by atoms with Crippen LogP contribution < -0.4 is 4.90 Å². The van der Waals surface area contributed by atoms with Crippen LogP contribution in [-0.2, 0) is 4.79 Å². The van der Waals surface area contributed by atoms with Crippen LogP contribution in [0.25, 0.3) is 6.08 Å². The first-order valence-electron chi connectivity index (χ1n) is 6.35. The fraction of sp³-hybridized carbons (Fsp3) is 0. The molecule has 1 saturated heterocycles. The van der Waals surface area contributed by atoms with Gasteiger partial charge in [0.2, 0.25) is 0 Å². The average molecular weight is 333 g/mol. The lowest BCUT2D eigenvalue weighted by molar-refractivity contribution is -0.113. The van der Waals surface area contributed by atoms with E-state index in [0.29, 0.717) is 10.0 Å². The monoisotopic (exact) mass is 333 g/mol. The summed E-state index contributed by atoms with van der Waals surface area (Å²) in [7, 11) is 0. The van der Waals surface area contributed by atoms with Crippen LogP contribution in [0.4, 0.5) is 14.5 Å². The fourth-order valence-electron chi connectivity index (χ4n) is 2.04. The molecule has 0 atom stereocenters. The Kier molecular flexibility index (Phi) is 4.04. The largest absolute Gasteiger partial charge is 0.270 e. The molecule has 110 valence electrons. The Bertz CT molecular complexity index is 790. The van der Waals surface area contributed by atoms with Gasteiger partial charge in [-0.15, -0.1) is 0 Å². The Morgan fingerprint density at radius 3 is 2.50 bits per heavy atom. The molecule has 1 aliphatic heterocycles. The summed E-state index contributed by atoms with van der Waals surface area (Å²) in [4.78, 5) is 14.1. The second-order valence-corrected chi connectivity index (χ2v) is 6.17. The number of carbonyl (C=O) groups is 1. The van der Waals surface area contributed by atoms with E-state index in [-0.39, 0.29) is 16.4 Å². The SMILES string of the molecule is O=C1/C(=C/c2cccc(F)c2F)SC(=S)N1c1ccccc1. The highest BCUT2D eigenvalue weighted by Gasteiger charge is 2.33. The molecular formula is C16H9F2NOS2. The maximum atomic E-state index is 13.7. The molecule has 0 radical (unpaired) electrons. The average Bonchev–Trinajstić information content (AvgIpc) is 2.79. The molecule has 0 aromatic heterocycles. The van der Waals surface area contributed by atoms with Crippen LogP contribution in [0.1, 0.15) is 5.56 Å². The number of anilines is 1. The topological polar surface area (TPSA) is 20.3 Å². The van der Waals surface area contributed by atoms with Gasteiger partial charge in [0.15, 0.2) is 16.0 Å². The summed E-state index contributed by atoms with van der Waals surface area (Å²) in [5.41, 5.74) is 0.668. The summed E-state index contributed by atoms with van der Waals surface area (Å²) in [6, 6.07) is 12.8. The highest BCUT2D eigenvalue weighted by molar-refractivity contribution is 8.27. The van der Waals surface area contributed by atoms with Gasteiger partial charge in [0, 0.05) is 5.56 Å². The van der Waals surface area contributed by atoms with Crippen molar-refractivity contribution in [1.82, 2.24) is 0 Å². The molecule has 0 N–H and O–H groups in total. The summed E-state index contributed by atoms with van der Waals surface area (Å²) < 4.78 is 27.3. The Labute approximate surface area is 135 Å². The zero-order valence-electron chi connectivity index (χ0n) is 11.1. The first-order valence-corrected chi connectivity index (χ1v) is 7.57. The van der Waals surface area contributed by atoms with Crippen LogP contribution in [0.3, 0.4) is 0 Å². The van der Waals surface area contributed by atoms with Gasteiger partial charge in [-0.1, -0.05) is 54.3 Å². The molecular weight excluding hydrogens is 324 g/mol. The smallest absolute Gasteiger partial charge is 0.268 e. The lowest BCUT2D eigenvalue weighted by Crippen LogP contribution is -2.27. The molecule has 1 heterocycles. The van der Waals surface area contributed by atoms with Crippen molar-refractivity contribution in [3.63, 3.8) is 0 Å². The van der Waals surface area contributed by atoms with E-state index in [4.69, 9.17) is 12.2 Å². The molecule has 0 spiro atoms. The summed E-state index contributed by atoms with van der Waals surface area (Å²) in [6.45, 7) is 0. The molecule has 1 amide bonds. The van der Waals surface area contributed by atoms with Gasteiger partial charge in [0.05, 0.1) is 10.6 Å². The summed E-state index contributed by atoms with van der Waals surface area (Å²) >= 11 is 6.28. The van der Waals surface area contributed by atoms with E-state index in [0.717, 1.165) is 17.8 Å². The Balaban J connectivity index is 1.98. The third kappa shape index (κ3) is 2.67. The van der Waals surface area contributed by atoms with Crippen LogP contribution >= 0.6 is 24.0 Å². The zero-order valence-corrected chi connectivity index (χ0v) is 12.8. The van der Waals surface area contributed by atoms with E-state index < -0.39 is 11.6 Å². The molecule has 22 heavy (non-hydrogen) atoms. The lowest BCUT2D eigenvalue weighted by Gasteiger charge is -2.13. The molecule has 2 aromatic rings. The predicted octanol–water partition coefficient (Wildman–Crippen LogP) is 4.37. The second-order valence-electron chi connectivity index (χ2n) is 4.50. The van der Waals surface area contributed by atoms with Crippen molar-refractivity contribution in [1.29, 1.82) is 0 Å². The highest BCUT2D eigenvalue weighted by Crippen LogP contribution is 2.36. The Hall–Kier alpha value is -2.05. The maximum absolute atomic E-state index is 13.7. The minimum Gasteiger partial charge on any atom is -0.268 e. The zero-order chi connectivity index (χ0) is 15.7. The number of rotatable bonds is 2. The van der Waals surface area contributed by atoms with Crippen LogP contribution in [0.15, 0.2) is 53.4 Å². The molecule has 2 nitrogen and oxygen atoms in total. The molecule has 3 rings (SSSR count). The van der Waals surface area contributed by atoms with E-state index in [2.05, 4.69) is 0 Å². The summed E-state index contributed by atoms with van der Waals surface area (Å²) in [5, 5.41) is 0. The van der Waals surface area contributed by atoms with Crippen molar-refractivity contribution >= 4 is 46.0 Å². The number of thiocarbonyl (C=S) groups is 1. The molecule has 1 aliphatic rings. The molecule has 0 bridgehead atoms. The Morgan fingerprint density at radius 2 is 1.77 bits per heavy atom. The molecule has 0 aliphatic carbocycles.